The van der Waals surface area contributed by atoms with Gasteiger partial charge in [0.15, 0.2) is 0 Å². The zero-order valence-electron chi connectivity index (χ0n) is 18.4. The molecule has 0 aliphatic carbocycles. The van der Waals surface area contributed by atoms with Gasteiger partial charge in [-0.3, -0.25) is 14.2 Å². The molecule has 0 radical (unpaired) electrons. The Morgan fingerprint density at radius 1 is 1.16 bits per heavy atom. The number of ether oxygens (including phenoxy) is 1. The third-order valence-electron chi connectivity index (χ3n) is 6.68. The highest BCUT2D eigenvalue weighted by Crippen LogP contribution is 2.34. The number of fused-ring (bicyclic) bond motifs is 1. The predicted octanol–water partition coefficient (Wildman–Crippen LogP) is 2.61. The van der Waals surface area contributed by atoms with E-state index in [1.54, 1.807) is 0 Å². The summed E-state index contributed by atoms with van der Waals surface area (Å²) in [6, 6.07) is 4.64. The molecule has 2 aromatic heterocycles. The summed E-state index contributed by atoms with van der Waals surface area (Å²) < 4.78 is 10.3. The third kappa shape index (κ3) is 4.04. The topological polar surface area (TPSA) is 77.2 Å². The SMILES string of the molecule is C[C@@H](Oc1cc(-c2cnn(C3CCN(C)CC3)c2)cc2nn(C)cc12)[C@H]1CNC(=O)C1. The number of piperidine rings is 1. The summed E-state index contributed by atoms with van der Waals surface area (Å²) in [5.74, 6) is 1.08. The Labute approximate surface area is 182 Å². The van der Waals surface area contributed by atoms with E-state index < -0.39 is 0 Å². The Kier molecular flexibility index (Phi) is 5.17. The molecule has 2 aliphatic rings. The van der Waals surface area contributed by atoms with Crippen LogP contribution in [0.5, 0.6) is 5.75 Å². The Morgan fingerprint density at radius 3 is 2.71 bits per heavy atom. The van der Waals surface area contributed by atoms with Crippen LogP contribution in [0.15, 0.2) is 30.7 Å². The van der Waals surface area contributed by atoms with Crippen LogP contribution in [0.4, 0.5) is 0 Å². The van der Waals surface area contributed by atoms with Gasteiger partial charge in [0, 0.05) is 43.9 Å². The first kappa shape index (κ1) is 20.1. The number of likely N-dealkylation sites (tertiary alicyclic amines) is 1. The maximum atomic E-state index is 11.6. The Hall–Kier alpha value is -2.87. The molecule has 1 N–H and O–H groups in total. The molecule has 31 heavy (non-hydrogen) atoms. The van der Waals surface area contributed by atoms with Crippen LogP contribution in [0.25, 0.3) is 22.0 Å². The monoisotopic (exact) mass is 422 g/mol. The first-order valence-electron chi connectivity index (χ1n) is 11.1. The predicted molar refractivity (Wildman–Crippen MR) is 119 cm³/mol. The normalized spacial score (nSPS) is 21.5. The molecule has 1 aromatic carbocycles. The van der Waals surface area contributed by atoms with E-state index in [4.69, 9.17) is 4.74 Å². The number of rotatable bonds is 5. The van der Waals surface area contributed by atoms with Gasteiger partial charge < -0.3 is 15.0 Å². The highest BCUT2D eigenvalue weighted by atomic mass is 16.5. The molecule has 0 unspecified atom stereocenters. The van der Waals surface area contributed by atoms with Gasteiger partial charge in [0.05, 0.1) is 23.1 Å². The van der Waals surface area contributed by atoms with E-state index in [1.165, 1.54) is 0 Å². The van der Waals surface area contributed by atoms with Crippen molar-refractivity contribution in [2.75, 3.05) is 26.7 Å². The number of nitrogens with one attached hydrogen (secondary N) is 1. The van der Waals surface area contributed by atoms with Crippen LogP contribution < -0.4 is 10.1 Å². The first-order valence-corrected chi connectivity index (χ1v) is 11.1. The van der Waals surface area contributed by atoms with Gasteiger partial charge in [0.25, 0.3) is 0 Å². The fraction of sp³-hybridized carbons (Fsp3) is 0.522. The molecule has 1 amide bonds. The third-order valence-corrected chi connectivity index (χ3v) is 6.68. The van der Waals surface area contributed by atoms with E-state index in [2.05, 4.69) is 50.5 Å². The molecule has 2 aliphatic heterocycles. The molecule has 164 valence electrons. The first-order chi connectivity index (χ1) is 15.0. The van der Waals surface area contributed by atoms with Crippen LogP contribution in [-0.2, 0) is 11.8 Å². The van der Waals surface area contributed by atoms with Gasteiger partial charge in [-0.2, -0.15) is 10.2 Å². The van der Waals surface area contributed by atoms with Crippen LogP contribution in [0.2, 0.25) is 0 Å². The van der Waals surface area contributed by atoms with Crippen LogP contribution in [-0.4, -0.2) is 63.2 Å². The molecule has 2 fully saturated rings. The minimum absolute atomic E-state index is 0.0699. The van der Waals surface area contributed by atoms with Crippen LogP contribution in [0, 0.1) is 5.92 Å². The smallest absolute Gasteiger partial charge is 0.220 e. The average Bonchev–Trinajstić information content (AvgIpc) is 3.47. The summed E-state index contributed by atoms with van der Waals surface area (Å²) in [5.41, 5.74) is 3.02. The number of carbonyl (C=O) groups excluding carboxylic acids is 1. The van der Waals surface area contributed by atoms with Crippen molar-refractivity contribution in [3.8, 4) is 16.9 Å². The molecule has 4 heterocycles. The van der Waals surface area contributed by atoms with E-state index >= 15 is 0 Å². The Balaban J connectivity index is 1.44. The van der Waals surface area contributed by atoms with E-state index in [-0.39, 0.29) is 17.9 Å². The van der Waals surface area contributed by atoms with Gasteiger partial charge in [-0.05, 0) is 57.6 Å². The van der Waals surface area contributed by atoms with Gasteiger partial charge in [-0.25, -0.2) is 0 Å². The van der Waals surface area contributed by atoms with Crippen molar-refractivity contribution in [3.63, 3.8) is 0 Å². The van der Waals surface area contributed by atoms with Crippen LogP contribution in [0.3, 0.4) is 0 Å². The minimum atomic E-state index is -0.0699. The van der Waals surface area contributed by atoms with Crippen molar-refractivity contribution in [1.29, 1.82) is 0 Å². The number of aromatic nitrogens is 4. The Bertz CT molecular complexity index is 1090. The lowest BCUT2D eigenvalue weighted by Gasteiger charge is -2.28. The summed E-state index contributed by atoms with van der Waals surface area (Å²) >= 11 is 0. The van der Waals surface area contributed by atoms with Crippen LogP contribution >= 0.6 is 0 Å². The fourth-order valence-electron chi connectivity index (χ4n) is 4.68. The lowest BCUT2D eigenvalue weighted by atomic mass is 10.0. The summed E-state index contributed by atoms with van der Waals surface area (Å²) in [6.07, 6.45) is 8.76. The molecular formula is C23H30N6O2. The maximum Gasteiger partial charge on any atom is 0.220 e. The van der Waals surface area contributed by atoms with Crippen molar-refractivity contribution in [1.82, 2.24) is 29.8 Å². The number of hydrogen-bond acceptors (Lipinski definition) is 5. The summed E-state index contributed by atoms with van der Waals surface area (Å²) in [6.45, 7) is 4.92. The van der Waals surface area contributed by atoms with Gasteiger partial charge in [-0.1, -0.05) is 0 Å². The largest absolute Gasteiger partial charge is 0.490 e. The molecule has 5 rings (SSSR count). The molecular weight excluding hydrogens is 392 g/mol. The highest BCUT2D eigenvalue weighted by Gasteiger charge is 2.28. The zero-order chi connectivity index (χ0) is 21.5. The second-order valence-corrected chi connectivity index (χ2v) is 9.04. The van der Waals surface area contributed by atoms with Gasteiger partial charge in [-0.15, -0.1) is 0 Å². The summed E-state index contributed by atoms with van der Waals surface area (Å²) in [5, 5.41) is 13.2. The van der Waals surface area contributed by atoms with Crippen molar-refractivity contribution >= 4 is 16.8 Å². The second kappa shape index (κ2) is 8.00. The van der Waals surface area contributed by atoms with E-state index in [0.717, 1.165) is 53.7 Å². The number of hydrogen-bond donors (Lipinski definition) is 1. The molecule has 0 saturated carbocycles. The molecule has 2 atom stereocenters. The van der Waals surface area contributed by atoms with E-state index in [1.807, 2.05) is 31.0 Å². The lowest BCUT2D eigenvalue weighted by Crippen LogP contribution is -2.31. The number of amides is 1. The molecule has 0 spiro atoms. The van der Waals surface area contributed by atoms with Gasteiger partial charge in [0.2, 0.25) is 5.91 Å². The number of benzene rings is 1. The summed E-state index contributed by atoms with van der Waals surface area (Å²) in [7, 11) is 4.09. The summed E-state index contributed by atoms with van der Waals surface area (Å²) in [4.78, 5) is 14.0. The molecule has 8 heteroatoms. The fourth-order valence-corrected chi connectivity index (χ4v) is 4.68. The van der Waals surface area contributed by atoms with Crippen LogP contribution in [0.1, 0.15) is 32.2 Å². The lowest BCUT2D eigenvalue weighted by molar-refractivity contribution is -0.119. The standard InChI is InChI=1S/C23H30N6O2/c1-15(17-10-23(30)24-11-17)31-22-9-16(8-21-20(22)14-28(3)26-21)18-12-25-29(13-18)19-4-6-27(2)7-5-19/h8-9,12-15,17,19H,4-7,10-11H2,1-3H3,(H,24,30)/t15-,17-/m1/s1. The molecule has 2 saturated heterocycles. The second-order valence-electron chi connectivity index (χ2n) is 9.04. The number of aryl methyl sites for hydroxylation is 1. The highest BCUT2D eigenvalue weighted by molar-refractivity contribution is 5.89. The molecule has 8 nitrogen and oxygen atoms in total. The van der Waals surface area contributed by atoms with Gasteiger partial charge >= 0.3 is 0 Å². The van der Waals surface area contributed by atoms with E-state index in [0.29, 0.717) is 19.0 Å². The molecule has 0 bridgehead atoms. The zero-order valence-corrected chi connectivity index (χ0v) is 18.4. The van der Waals surface area contributed by atoms with Crippen molar-refractivity contribution in [3.05, 3.63) is 30.7 Å². The quantitative estimate of drug-likeness (QED) is 0.684. The minimum Gasteiger partial charge on any atom is -0.490 e. The number of nitrogens with zero attached hydrogens (tertiary/aromatic N) is 5. The van der Waals surface area contributed by atoms with Crippen molar-refractivity contribution in [2.24, 2.45) is 13.0 Å². The molecule has 3 aromatic rings. The Morgan fingerprint density at radius 2 is 1.97 bits per heavy atom. The maximum absolute atomic E-state index is 11.6. The van der Waals surface area contributed by atoms with Crippen molar-refractivity contribution in [2.45, 2.75) is 38.3 Å². The van der Waals surface area contributed by atoms with E-state index in [9.17, 15) is 4.79 Å². The average molecular weight is 423 g/mol. The number of carbonyl (C=O) groups is 1. The van der Waals surface area contributed by atoms with Gasteiger partial charge in [0.1, 0.15) is 11.9 Å². The van der Waals surface area contributed by atoms with Crippen molar-refractivity contribution < 1.29 is 9.53 Å².